The van der Waals surface area contributed by atoms with E-state index in [9.17, 15) is 0 Å². The van der Waals surface area contributed by atoms with E-state index in [0.717, 1.165) is 19.0 Å². The Balaban J connectivity index is 1.59. The number of likely N-dealkylation sites (tertiary alicyclic amines) is 1. The van der Waals surface area contributed by atoms with E-state index in [2.05, 4.69) is 47.5 Å². The Morgan fingerprint density at radius 1 is 1.28 bits per heavy atom. The highest BCUT2D eigenvalue weighted by atomic mass is 15.1. The first-order valence-electron chi connectivity index (χ1n) is 6.98. The van der Waals surface area contributed by atoms with Crippen LogP contribution in [0.1, 0.15) is 24.8 Å². The summed E-state index contributed by atoms with van der Waals surface area (Å²) in [5.74, 6) is 0.739. The van der Waals surface area contributed by atoms with Crippen molar-refractivity contribution in [2.75, 3.05) is 32.7 Å². The van der Waals surface area contributed by atoms with E-state index in [-0.39, 0.29) is 0 Å². The van der Waals surface area contributed by atoms with Crippen LogP contribution in [0.5, 0.6) is 0 Å². The third kappa shape index (κ3) is 2.50. The van der Waals surface area contributed by atoms with Crippen molar-refractivity contribution >= 4 is 0 Å². The predicted octanol–water partition coefficient (Wildman–Crippen LogP) is 2.40. The van der Waals surface area contributed by atoms with E-state index in [1.807, 2.05) is 0 Å². The number of benzene rings is 1. The number of hydrogen-bond acceptors (Lipinski definition) is 2. The van der Waals surface area contributed by atoms with Gasteiger partial charge in [0, 0.05) is 26.2 Å². The van der Waals surface area contributed by atoms with Crippen molar-refractivity contribution in [3.05, 3.63) is 47.0 Å². The zero-order chi connectivity index (χ0) is 12.4. The van der Waals surface area contributed by atoms with Crippen molar-refractivity contribution in [3.8, 4) is 0 Å². The predicted molar refractivity (Wildman–Crippen MR) is 75.8 cm³/mol. The lowest BCUT2D eigenvalue weighted by molar-refractivity contribution is 0.360. The van der Waals surface area contributed by atoms with Crippen LogP contribution in [0.3, 0.4) is 0 Å². The highest BCUT2D eigenvalue weighted by molar-refractivity contribution is 5.24. The first-order valence-corrected chi connectivity index (χ1v) is 6.98. The molecule has 0 radical (unpaired) electrons. The first kappa shape index (κ1) is 11.9. The normalized spacial score (nSPS) is 24.1. The van der Waals surface area contributed by atoms with Gasteiger partial charge in [-0.3, -0.25) is 4.90 Å². The lowest BCUT2D eigenvalue weighted by Gasteiger charge is -2.25. The highest BCUT2D eigenvalue weighted by Gasteiger charge is 2.24. The second-order valence-corrected chi connectivity index (χ2v) is 5.62. The molecule has 2 aliphatic heterocycles. The van der Waals surface area contributed by atoms with E-state index < -0.39 is 0 Å². The molecule has 1 aromatic rings. The molecule has 0 spiro atoms. The van der Waals surface area contributed by atoms with Gasteiger partial charge in [0.15, 0.2) is 0 Å². The molecule has 2 saturated heterocycles. The van der Waals surface area contributed by atoms with Crippen molar-refractivity contribution < 1.29 is 0 Å². The van der Waals surface area contributed by atoms with E-state index in [1.54, 1.807) is 11.1 Å². The molecule has 1 N–H and O–H groups in total. The third-order valence-corrected chi connectivity index (χ3v) is 4.28. The number of nitrogens with one attached hydrogen (secondary N) is 1. The largest absolute Gasteiger partial charge is 0.309 e. The van der Waals surface area contributed by atoms with Crippen LogP contribution in [0.2, 0.25) is 0 Å². The Morgan fingerprint density at radius 2 is 2.06 bits per heavy atom. The van der Waals surface area contributed by atoms with Crippen molar-refractivity contribution in [2.45, 2.75) is 19.3 Å². The molecule has 0 saturated carbocycles. The van der Waals surface area contributed by atoms with Gasteiger partial charge in [-0.1, -0.05) is 35.9 Å². The first-order chi connectivity index (χ1) is 8.83. The zero-order valence-corrected chi connectivity index (χ0v) is 11.2. The van der Waals surface area contributed by atoms with Gasteiger partial charge in [0.25, 0.3) is 0 Å². The molecular weight excluding hydrogens is 220 g/mol. The molecule has 2 aliphatic rings. The molecule has 2 nitrogen and oxygen atoms in total. The van der Waals surface area contributed by atoms with E-state index in [1.165, 1.54) is 31.6 Å². The fraction of sp³-hybridized carbons (Fsp3) is 0.500. The van der Waals surface area contributed by atoms with E-state index in [4.69, 9.17) is 0 Å². The smallest absolute Gasteiger partial charge is 0.0194 e. The Kier molecular flexibility index (Phi) is 3.48. The molecule has 3 rings (SSSR count). The molecule has 0 aliphatic carbocycles. The average molecular weight is 242 g/mol. The maximum atomic E-state index is 3.33. The number of rotatable bonds is 3. The number of nitrogens with zero attached hydrogens (tertiary/aromatic N) is 1. The van der Waals surface area contributed by atoms with Crippen molar-refractivity contribution in [1.82, 2.24) is 10.2 Å². The maximum absolute atomic E-state index is 3.33. The maximum Gasteiger partial charge on any atom is 0.0194 e. The summed E-state index contributed by atoms with van der Waals surface area (Å²) >= 11 is 0. The molecule has 1 atom stereocenters. The summed E-state index contributed by atoms with van der Waals surface area (Å²) in [5, 5.41) is 3.33. The zero-order valence-electron chi connectivity index (χ0n) is 11.2. The molecule has 1 aromatic carbocycles. The van der Waals surface area contributed by atoms with Crippen LogP contribution in [-0.2, 0) is 0 Å². The van der Waals surface area contributed by atoms with Gasteiger partial charge < -0.3 is 5.32 Å². The minimum absolute atomic E-state index is 0.739. The minimum atomic E-state index is 0.739. The SMILES string of the molecule is CC(CN1CCC(c2ccccc2)C1)=C1CNC1. The second kappa shape index (κ2) is 5.25. The summed E-state index contributed by atoms with van der Waals surface area (Å²) in [4.78, 5) is 2.61. The van der Waals surface area contributed by atoms with Crippen LogP contribution in [-0.4, -0.2) is 37.6 Å². The van der Waals surface area contributed by atoms with Crippen LogP contribution >= 0.6 is 0 Å². The van der Waals surface area contributed by atoms with Gasteiger partial charge >= 0.3 is 0 Å². The second-order valence-electron chi connectivity index (χ2n) is 5.62. The quantitative estimate of drug-likeness (QED) is 0.819. The highest BCUT2D eigenvalue weighted by Crippen LogP contribution is 2.27. The lowest BCUT2D eigenvalue weighted by Crippen LogP contribution is -2.36. The lowest BCUT2D eigenvalue weighted by atomic mass is 9.99. The molecular formula is C16H22N2. The summed E-state index contributed by atoms with van der Waals surface area (Å²) in [6, 6.07) is 11.0. The molecule has 18 heavy (non-hydrogen) atoms. The van der Waals surface area contributed by atoms with Crippen molar-refractivity contribution in [1.29, 1.82) is 0 Å². The van der Waals surface area contributed by atoms with E-state index >= 15 is 0 Å². The fourth-order valence-corrected chi connectivity index (χ4v) is 2.97. The van der Waals surface area contributed by atoms with Crippen LogP contribution in [0, 0.1) is 0 Å². The van der Waals surface area contributed by atoms with Gasteiger partial charge in [0.05, 0.1) is 0 Å². The van der Waals surface area contributed by atoms with Gasteiger partial charge in [0.1, 0.15) is 0 Å². The summed E-state index contributed by atoms with van der Waals surface area (Å²) in [6.07, 6.45) is 1.31. The third-order valence-electron chi connectivity index (χ3n) is 4.28. The van der Waals surface area contributed by atoms with Crippen LogP contribution in [0.4, 0.5) is 0 Å². The Morgan fingerprint density at radius 3 is 2.72 bits per heavy atom. The van der Waals surface area contributed by atoms with Crippen LogP contribution in [0.15, 0.2) is 41.5 Å². The Labute approximate surface area is 110 Å². The molecule has 0 bridgehead atoms. The monoisotopic (exact) mass is 242 g/mol. The molecule has 2 fully saturated rings. The number of hydrogen-bond donors (Lipinski definition) is 1. The molecule has 2 heteroatoms. The van der Waals surface area contributed by atoms with E-state index in [0.29, 0.717) is 0 Å². The molecule has 0 aromatic heterocycles. The minimum Gasteiger partial charge on any atom is -0.309 e. The molecule has 0 amide bonds. The fourth-order valence-electron chi connectivity index (χ4n) is 2.97. The van der Waals surface area contributed by atoms with Crippen molar-refractivity contribution in [2.24, 2.45) is 0 Å². The molecule has 2 heterocycles. The van der Waals surface area contributed by atoms with Crippen LogP contribution in [0.25, 0.3) is 0 Å². The summed E-state index contributed by atoms with van der Waals surface area (Å²) in [5.41, 5.74) is 4.72. The summed E-state index contributed by atoms with van der Waals surface area (Å²) in [6.45, 7) is 8.16. The van der Waals surface area contributed by atoms with Gasteiger partial charge in [0.2, 0.25) is 0 Å². The summed E-state index contributed by atoms with van der Waals surface area (Å²) in [7, 11) is 0. The van der Waals surface area contributed by atoms with Gasteiger partial charge in [-0.2, -0.15) is 0 Å². The molecule has 96 valence electrons. The summed E-state index contributed by atoms with van der Waals surface area (Å²) < 4.78 is 0. The average Bonchev–Trinajstić information content (AvgIpc) is 2.76. The van der Waals surface area contributed by atoms with Gasteiger partial charge in [-0.25, -0.2) is 0 Å². The van der Waals surface area contributed by atoms with Crippen LogP contribution < -0.4 is 5.32 Å². The standard InChI is InChI=1S/C16H22N2/c1-13(16-9-17-10-16)11-18-8-7-15(12-18)14-5-3-2-4-6-14/h2-6,15,17H,7-12H2,1H3. The topological polar surface area (TPSA) is 15.3 Å². The Hall–Kier alpha value is -1.12. The van der Waals surface area contributed by atoms with Gasteiger partial charge in [-0.15, -0.1) is 0 Å². The Bertz CT molecular complexity index is 430. The van der Waals surface area contributed by atoms with Crippen molar-refractivity contribution in [3.63, 3.8) is 0 Å². The van der Waals surface area contributed by atoms with Gasteiger partial charge in [-0.05, 0) is 36.9 Å². The molecule has 1 unspecified atom stereocenters.